The van der Waals surface area contributed by atoms with Crippen molar-refractivity contribution in [2.45, 2.75) is 45.1 Å². The molecule has 0 aliphatic carbocycles. The van der Waals surface area contributed by atoms with Gasteiger partial charge in [-0.25, -0.2) is 13.2 Å². The van der Waals surface area contributed by atoms with E-state index >= 15 is 0 Å². The number of rotatable bonds is 2. The number of aryl methyl sites for hydroxylation is 1. The predicted molar refractivity (Wildman–Crippen MR) is 85.4 cm³/mol. The number of hydrogen-bond donors (Lipinski definition) is 3. The lowest BCUT2D eigenvalue weighted by Gasteiger charge is -2.16. The van der Waals surface area contributed by atoms with Gasteiger partial charge in [-0.3, -0.25) is 0 Å². The lowest BCUT2D eigenvalue weighted by Crippen LogP contribution is -2.27. The van der Waals surface area contributed by atoms with E-state index in [9.17, 15) is 18.3 Å². The molecule has 0 unspecified atom stereocenters. The largest absolute Gasteiger partial charge is 0.504 e. The first-order valence-electron chi connectivity index (χ1n) is 6.61. The number of nitrogen functional groups attached to an aromatic ring is 1. The first-order valence-corrected chi connectivity index (χ1v) is 8.26. The van der Waals surface area contributed by atoms with Gasteiger partial charge in [0.1, 0.15) is 10.5 Å². The third kappa shape index (κ3) is 6.21. The summed E-state index contributed by atoms with van der Waals surface area (Å²) in [5, 5.41) is 9.54. The lowest BCUT2D eigenvalue weighted by molar-refractivity contribution is 0.0600. The van der Waals surface area contributed by atoms with E-state index in [1.54, 1.807) is 33.8 Å². The molecule has 126 valence electrons. The van der Waals surface area contributed by atoms with Crippen molar-refractivity contribution in [1.82, 2.24) is 0 Å². The van der Waals surface area contributed by atoms with E-state index in [0.717, 1.165) is 0 Å². The quantitative estimate of drug-likeness (QED) is 0.560. The molecule has 7 nitrogen and oxygen atoms in total. The molecular formula is C14H24N2O5S. The van der Waals surface area contributed by atoms with Crippen molar-refractivity contribution in [3.8, 4) is 5.75 Å². The number of ether oxygens (including phenoxy) is 1. The van der Waals surface area contributed by atoms with Crippen LogP contribution in [0, 0.1) is 6.92 Å². The fraction of sp³-hybridized carbons (Fsp3) is 0.500. The normalized spacial score (nSPS) is 11.3. The van der Waals surface area contributed by atoms with Crippen molar-refractivity contribution >= 4 is 21.6 Å². The Morgan fingerprint density at radius 2 is 1.82 bits per heavy atom. The van der Waals surface area contributed by atoms with Crippen LogP contribution in [-0.2, 0) is 14.6 Å². The van der Waals surface area contributed by atoms with Crippen LogP contribution in [0.25, 0.3) is 0 Å². The summed E-state index contributed by atoms with van der Waals surface area (Å²) < 4.78 is 27.7. The Labute approximate surface area is 131 Å². The number of phenols is 1. The summed E-state index contributed by atoms with van der Waals surface area (Å²) >= 11 is 0. The monoisotopic (exact) mass is 332 g/mol. The summed E-state index contributed by atoms with van der Waals surface area (Å²) in [5.74, 6) is -0.392. The lowest BCUT2D eigenvalue weighted by atomic mass is 10.2. The molecule has 0 bridgehead atoms. The molecule has 0 saturated carbocycles. The highest BCUT2D eigenvalue weighted by Gasteiger charge is 2.20. The molecule has 1 aromatic rings. The van der Waals surface area contributed by atoms with Gasteiger partial charge in [-0.1, -0.05) is 13.0 Å². The van der Waals surface area contributed by atoms with E-state index < -0.39 is 21.5 Å². The summed E-state index contributed by atoms with van der Waals surface area (Å²) in [6.07, 6.45) is -0.725. The first kappa shape index (κ1) is 20.0. The van der Waals surface area contributed by atoms with Gasteiger partial charge in [0.2, 0.25) is 0 Å². The highest BCUT2D eigenvalue weighted by atomic mass is 32.2. The Balaban J connectivity index is 0.000000472. The number of primary amides is 1. The zero-order valence-electron chi connectivity index (χ0n) is 13.5. The third-order valence-corrected chi connectivity index (χ3v) is 4.35. The number of anilines is 1. The number of aromatic hydroxyl groups is 1. The summed E-state index contributed by atoms with van der Waals surface area (Å²) in [4.78, 5) is 9.96. The van der Waals surface area contributed by atoms with Gasteiger partial charge in [0.05, 0.1) is 11.4 Å². The Kier molecular flexibility index (Phi) is 6.69. The molecule has 0 fully saturated rings. The first-order chi connectivity index (χ1) is 9.81. The van der Waals surface area contributed by atoms with Crippen LogP contribution in [0.2, 0.25) is 0 Å². The van der Waals surface area contributed by atoms with E-state index in [4.69, 9.17) is 11.5 Å². The molecule has 8 heteroatoms. The van der Waals surface area contributed by atoms with Gasteiger partial charge in [-0.15, -0.1) is 0 Å². The predicted octanol–water partition coefficient (Wildman–Crippen LogP) is 1.96. The minimum Gasteiger partial charge on any atom is -0.504 e. The van der Waals surface area contributed by atoms with Crippen LogP contribution in [0.1, 0.15) is 33.3 Å². The molecule has 5 N–H and O–H groups in total. The maximum absolute atomic E-state index is 11.6. The van der Waals surface area contributed by atoms with Gasteiger partial charge in [0.15, 0.2) is 15.6 Å². The van der Waals surface area contributed by atoms with Gasteiger partial charge in [0, 0.05) is 0 Å². The molecule has 1 rings (SSSR count). The number of carbonyl (C=O) groups is 1. The number of nitrogens with two attached hydrogens (primary N) is 2. The second-order valence-electron chi connectivity index (χ2n) is 5.59. The fourth-order valence-corrected chi connectivity index (χ4v) is 2.79. The van der Waals surface area contributed by atoms with Crippen LogP contribution in [0.5, 0.6) is 5.75 Å². The number of hydrogen-bond acceptors (Lipinski definition) is 6. The van der Waals surface area contributed by atoms with Crippen LogP contribution in [0.3, 0.4) is 0 Å². The molecule has 1 amide bonds. The molecule has 0 aromatic heterocycles. The van der Waals surface area contributed by atoms with Crippen molar-refractivity contribution in [2.24, 2.45) is 5.73 Å². The van der Waals surface area contributed by atoms with E-state index in [2.05, 4.69) is 4.74 Å². The topological polar surface area (TPSA) is 133 Å². The number of amides is 1. The van der Waals surface area contributed by atoms with Gasteiger partial charge < -0.3 is 21.3 Å². The van der Waals surface area contributed by atoms with Crippen molar-refractivity contribution in [1.29, 1.82) is 0 Å². The molecular weight excluding hydrogens is 308 g/mol. The number of sulfone groups is 1. The second kappa shape index (κ2) is 7.35. The minimum atomic E-state index is -3.41. The van der Waals surface area contributed by atoms with E-state index in [1.165, 1.54) is 13.0 Å². The van der Waals surface area contributed by atoms with Crippen molar-refractivity contribution in [2.75, 3.05) is 11.5 Å². The van der Waals surface area contributed by atoms with Gasteiger partial charge in [0.25, 0.3) is 0 Å². The maximum Gasteiger partial charge on any atom is 0.405 e. The van der Waals surface area contributed by atoms with Crippen LogP contribution in [0.4, 0.5) is 10.5 Å². The number of carbonyl (C=O) groups excluding carboxylic acids is 1. The SMILES string of the molecule is CC(C)(C)OC(N)=O.CCS(=O)(=O)c1c(C)ccc(N)c1O. The summed E-state index contributed by atoms with van der Waals surface area (Å²) in [5.41, 5.74) is 10.3. The average Bonchev–Trinajstić information content (AvgIpc) is 2.32. The number of benzene rings is 1. The van der Waals surface area contributed by atoms with Crippen LogP contribution < -0.4 is 11.5 Å². The molecule has 0 saturated heterocycles. The van der Waals surface area contributed by atoms with Crippen LogP contribution in [-0.4, -0.2) is 31.0 Å². The Morgan fingerprint density at radius 3 is 2.14 bits per heavy atom. The third-order valence-electron chi connectivity index (χ3n) is 2.46. The second-order valence-corrected chi connectivity index (χ2v) is 7.80. The average molecular weight is 332 g/mol. The smallest absolute Gasteiger partial charge is 0.405 e. The summed E-state index contributed by atoms with van der Waals surface area (Å²) in [6.45, 7) is 8.44. The van der Waals surface area contributed by atoms with E-state index in [0.29, 0.717) is 5.56 Å². The summed E-state index contributed by atoms with van der Waals surface area (Å²) in [6, 6.07) is 3.07. The molecule has 0 atom stereocenters. The molecule has 0 aliphatic rings. The van der Waals surface area contributed by atoms with Crippen molar-refractivity contribution in [3.05, 3.63) is 17.7 Å². The Bertz CT molecular complexity index is 633. The van der Waals surface area contributed by atoms with E-state index in [-0.39, 0.29) is 22.1 Å². The standard InChI is InChI=1S/C9H13NO3S.C5H11NO2/c1-3-14(12,13)9-6(2)4-5-7(10)8(9)11;1-5(2,3)8-4(6)7/h4-5,11H,3,10H2,1-2H3;1-3H3,(H2,6,7). The molecule has 22 heavy (non-hydrogen) atoms. The minimum absolute atomic E-state index is 0.0507. The van der Waals surface area contributed by atoms with Crippen molar-refractivity contribution in [3.63, 3.8) is 0 Å². The highest BCUT2D eigenvalue weighted by molar-refractivity contribution is 7.91. The summed E-state index contributed by atoms with van der Waals surface area (Å²) in [7, 11) is -3.41. The Hall–Kier alpha value is -1.96. The maximum atomic E-state index is 11.6. The fourth-order valence-electron chi connectivity index (χ4n) is 1.53. The van der Waals surface area contributed by atoms with Gasteiger partial charge in [-0.2, -0.15) is 0 Å². The molecule has 0 radical (unpaired) electrons. The van der Waals surface area contributed by atoms with Gasteiger partial charge in [-0.05, 0) is 39.3 Å². The zero-order valence-corrected chi connectivity index (χ0v) is 14.3. The van der Waals surface area contributed by atoms with Crippen molar-refractivity contribution < 1.29 is 23.1 Å². The van der Waals surface area contributed by atoms with Gasteiger partial charge >= 0.3 is 6.09 Å². The van der Waals surface area contributed by atoms with Crippen LogP contribution >= 0.6 is 0 Å². The highest BCUT2D eigenvalue weighted by Crippen LogP contribution is 2.32. The number of phenolic OH excluding ortho intramolecular Hbond substituents is 1. The zero-order chi connectivity index (χ0) is 17.7. The molecule has 1 aromatic carbocycles. The molecule has 0 heterocycles. The van der Waals surface area contributed by atoms with Crippen LogP contribution in [0.15, 0.2) is 17.0 Å². The molecule has 0 aliphatic heterocycles. The Morgan fingerprint density at radius 1 is 1.32 bits per heavy atom. The molecule has 0 spiro atoms. The van der Waals surface area contributed by atoms with E-state index in [1.807, 2.05) is 0 Å².